The first-order valence-electron chi connectivity index (χ1n) is 6.84. The lowest BCUT2D eigenvalue weighted by Crippen LogP contribution is -2.11. The molecule has 0 radical (unpaired) electrons. The first kappa shape index (κ1) is 17.7. The van der Waals surface area contributed by atoms with Crippen LogP contribution in [0.2, 0.25) is 0 Å². The van der Waals surface area contributed by atoms with E-state index in [1.807, 2.05) is 18.4 Å². The summed E-state index contributed by atoms with van der Waals surface area (Å²) in [5.41, 5.74) is -0.168. The van der Waals surface area contributed by atoms with Crippen molar-refractivity contribution in [1.29, 1.82) is 0 Å². The molecule has 126 valence electrons. The molecule has 0 unspecified atom stereocenters. The molecular formula is C15H17F3N2O2S. The smallest absolute Gasteiger partial charge is 0.435 e. The number of methoxy groups -OCH3 is 1. The zero-order valence-corrected chi connectivity index (χ0v) is 13.5. The molecule has 2 aromatic rings. The Hall–Kier alpha value is -1.67. The van der Waals surface area contributed by atoms with Gasteiger partial charge in [0.05, 0.1) is 13.7 Å². The third-order valence-electron chi connectivity index (χ3n) is 3.28. The third-order valence-corrected chi connectivity index (χ3v) is 4.06. The van der Waals surface area contributed by atoms with Crippen LogP contribution in [0.5, 0.6) is 5.75 Å². The number of rotatable bonds is 6. The number of nitrogens with zero attached hydrogens (tertiary/aromatic N) is 2. The quantitative estimate of drug-likeness (QED) is 0.816. The zero-order valence-electron chi connectivity index (χ0n) is 12.7. The second-order valence-corrected chi connectivity index (χ2v) is 5.71. The lowest BCUT2D eigenvalue weighted by Gasteiger charge is -2.09. The molecule has 0 fully saturated rings. The summed E-state index contributed by atoms with van der Waals surface area (Å²) in [4.78, 5) is 0.952. The largest absolute Gasteiger partial charge is 0.496 e. The van der Waals surface area contributed by atoms with Crippen molar-refractivity contribution in [1.82, 2.24) is 9.78 Å². The van der Waals surface area contributed by atoms with Crippen LogP contribution < -0.4 is 4.74 Å². The van der Waals surface area contributed by atoms with E-state index in [0.29, 0.717) is 5.75 Å². The fourth-order valence-corrected chi connectivity index (χ4v) is 2.80. The van der Waals surface area contributed by atoms with Crippen LogP contribution in [0.15, 0.2) is 29.3 Å². The topological polar surface area (TPSA) is 47.3 Å². The van der Waals surface area contributed by atoms with Crippen LogP contribution in [0, 0.1) is 0 Å². The zero-order chi connectivity index (χ0) is 17.0. The highest BCUT2D eigenvalue weighted by molar-refractivity contribution is 7.98. The van der Waals surface area contributed by atoms with E-state index in [4.69, 9.17) is 9.84 Å². The Morgan fingerprint density at radius 3 is 2.65 bits per heavy atom. The van der Waals surface area contributed by atoms with Crippen LogP contribution in [-0.4, -0.2) is 34.9 Å². The standard InChI is InChI=1S/C15H17F3N2O2S/c1-22-12-7-10(3-4-13(12)23-2)8-20-9-11(5-6-21)14(19-20)15(16,17)18/h3-4,7,9,21H,5-6,8H2,1-2H3. The van der Waals surface area contributed by atoms with Gasteiger partial charge in [0.25, 0.3) is 0 Å². The molecule has 0 atom stereocenters. The molecular weight excluding hydrogens is 329 g/mol. The van der Waals surface area contributed by atoms with Crippen molar-refractivity contribution in [3.63, 3.8) is 0 Å². The second-order valence-electron chi connectivity index (χ2n) is 4.86. The van der Waals surface area contributed by atoms with E-state index < -0.39 is 11.9 Å². The number of alkyl halides is 3. The molecule has 2 rings (SSSR count). The van der Waals surface area contributed by atoms with Crippen molar-refractivity contribution in [3.05, 3.63) is 41.2 Å². The van der Waals surface area contributed by atoms with E-state index in [1.54, 1.807) is 13.2 Å². The number of benzene rings is 1. The summed E-state index contributed by atoms with van der Waals surface area (Å²) in [6.07, 6.45) is -1.37. The van der Waals surface area contributed by atoms with Gasteiger partial charge in [0.2, 0.25) is 0 Å². The molecule has 1 aromatic heterocycles. The Kier molecular flexibility index (Phi) is 5.59. The maximum atomic E-state index is 13.0. The van der Waals surface area contributed by atoms with Crippen molar-refractivity contribution in [2.24, 2.45) is 0 Å². The minimum atomic E-state index is -4.53. The first-order chi connectivity index (χ1) is 10.9. The van der Waals surface area contributed by atoms with Gasteiger partial charge in [-0.1, -0.05) is 6.07 Å². The molecule has 1 N–H and O–H groups in total. The van der Waals surface area contributed by atoms with Crippen LogP contribution in [0.25, 0.3) is 0 Å². The summed E-state index contributed by atoms with van der Waals surface area (Å²) in [5, 5.41) is 12.5. The van der Waals surface area contributed by atoms with Gasteiger partial charge in [-0.05, 0) is 30.4 Å². The van der Waals surface area contributed by atoms with E-state index in [9.17, 15) is 13.2 Å². The van der Waals surface area contributed by atoms with Crippen molar-refractivity contribution >= 4 is 11.8 Å². The molecule has 23 heavy (non-hydrogen) atoms. The third kappa shape index (κ3) is 4.20. The predicted octanol–water partition coefficient (Wildman–Crippen LogP) is 3.22. The lowest BCUT2D eigenvalue weighted by molar-refractivity contribution is -0.142. The Morgan fingerprint density at radius 1 is 1.35 bits per heavy atom. The van der Waals surface area contributed by atoms with E-state index in [2.05, 4.69) is 5.10 Å². The number of aliphatic hydroxyl groups is 1. The summed E-state index contributed by atoms with van der Waals surface area (Å²) in [5.74, 6) is 0.675. The molecule has 0 aliphatic heterocycles. The SMILES string of the molecule is COc1cc(Cn2cc(CCO)c(C(F)(F)F)n2)ccc1SC. The molecule has 0 aliphatic rings. The van der Waals surface area contributed by atoms with Gasteiger partial charge >= 0.3 is 6.18 Å². The van der Waals surface area contributed by atoms with Gasteiger partial charge in [-0.25, -0.2) is 0 Å². The summed E-state index contributed by atoms with van der Waals surface area (Å²) in [6, 6.07) is 5.48. The van der Waals surface area contributed by atoms with E-state index in [0.717, 1.165) is 10.5 Å². The van der Waals surface area contributed by atoms with Gasteiger partial charge in [-0.15, -0.1) is 11.8 Å². The van der Waals surface area contributed by atoms with Crippen LogP contribution in [0.4, 0.5) is 13.2 Å². The Bertz CT molecular complexity index is 671. The molecule has 0 saturated heterocycles. The monoisotopic (exact) mass is 346 g/mol. The average molecular weight is 346 g/mol. The van der Waals surface area contributed by atoms with Gasteiger partial charge in [0.15, 0.2) is 5.69 Å². The molecule has 8 heteroatoms. The predicted molar refractivity (Wildman–Crippen MR) is 81.9 cm³/mol. The van der Waals surface area contributed by atoms with Crippen molar-refractivity contribution in [2.75, 3.05) is 20.0 Å². The summed E-state index contributed by atoms with van der Waals surface area (Å²) in [6.45, 7) is -0.162. The maximum Gasteiger partial charge on any atom is 0.435 e. The van der Waals surface area contributed by atoms with Crippen LogP contribution in [-0.2, 0) is 19.1 Å². The van der Waals surface area contributed by atoms with E-state index in [-0.39, 0.29) is 25.1 Å². The fourth-order valence-electron chi connectivity index (χ4n) is 2.25. The Morgan fingerprint density at radius 2 is 2.09 bits per heavy atom. The molecule has 0 spiro atoms. The fraction of sp³-hybridized carbons (Fsp3) is 0.400. The lowest BCUT2D eigenvalue weighted by atomic mass is 10.2. The van der Waals surface area contributed by atoms with Gasteiger partial charge in [-0.2, -0.15) is 18.3 Å². The maximum absolute atomic E-state index is 13.0. The Labute approximate surface area is 136 Å². The molecule has 1 aromatic carbocycles. The number of ether oxygens (including phenoxy) is 1. The molecule has 0 bridgehead atoms. The number of thioether (sulfide) groups is 1. The molecule has 0 saturated carbocycles. The van der Waals surface area contributed by atoms with Crippen molar-refractivity contribution in [3.8, 4) is 5.75 Å². The summed E-state index contributed by atoms with van der Waals surface area (Å²) < 4.78 is 45.4. The van der Waals surface area contributed by atoms with Crippen molar-refractivity contribution in [2.45, 2.75) is 24.0 Å². The van der Waals surface area contributed by atoms with E-state index >= 15 is 0 Å². The minimum absolute atomic E-state index is 0.00676. The molecule has 0 aliphatic carbocycles. The van der Waals surface area contributed by atoms with Gasteiger partial charge in [0.1, 0.15) is 5.75 Å². The van der Waals surface area contributed by atoms with E-state index in [1.165, 1.54) is 22.6 Å². The van der Waals surface area contributed by atoms with Gasteiger partial charge in [0, 0.05) is 23.3 Å². The molecule has 4 nitrogen and oxygen atoms in total. The van der Waals surface area contributed by atoms with Crippen LogP contribution >= 0.6 is 11.8 Å². The van der Waals surface area contributed by atoms with Crippen LogP contribution in [0.1, 0.15) is 16.8 Å². The molecule has 1 heterocycles. The average Bonchev–Trinajstić information content (AvgIpc) is 2.90. The minimum Gasteiger partial charge on any atom is -0.496 e. The summed E-state index contributed by atoms with van der Waals surface area (Å²) >= 11 is 1.53. The highest BCUT2D eigenvalue weighted by Crippen LogP contribution is 2.32. The summed E-state index contributed by atoms with van der Waals surface area (Å²) in [7, 11) is 1.55. The Balaban J connectivity index is 2.30. The number of aromatic nitrogens is 2. The highest BCUT2D eigenvalue weighted by Gasteiger charge is 2.36. The molecule has 0 amide bonds. The second kappa shape index (κ2) is 7.27. The van der Waals surface area contributed by atoms with Crippen LogP contribution in [0.3, 0.4) is 0 Å². The normalized spacial score (nSPS) is 11.7. The van der Waals surface area contributed by atoms with Crippen molar-refractivity contribution < 1.29 is 23.0 Å². The number of halogens is 3. The number of hydrogen-bond acceptors (Lipinski definition) is 4. The van der Waals surface area contributed by atoms with Gasteiger partial charge < -0.3 is 9.84 Å². The first-order valence-corrected chi connectivity index (χ1v) is 8.06. The van der Waals surface area contributed by atoms with Gasteiger partial charge in [-0.3, -0.25) is 4.68 Å². The number of hydrogen-bond donors (Lipinski definition) is 1. The number of aliphatic hydroxyl groups excluding tert-OH is 1. The highest BCUT2D eigenvalue weighted by atomic mass is 32.2.